The molecule has 0 fully saturated rings. The Labute approximate surface area is 257 Å². The predicted octanol–water partition coefficient (Wildman–Crippen LogP) is 6.65. The number of carbonyl (C=O) groups is 3. The number of benzene rings is 4. The second kappa shape index (κ2) is 14.2. The van der Waals surface area contributed by atoms with Crippen LogP contribution in [0.2, 0.25) is 0 Å². The molecule has 8 nitrogen and oxygen atoms in total. The fraction of sp³-hybridized carbons (Fsp3) is 0.222. The smallest absolute Gasteiger partial charge is 0.408 e. The van der Waals surface area contributed by atoms with Crippen LogP contribution in [0.25, 0.3) is 16.8 Å². The van der Waals surface area contributed by atoms with Gasteiger partial charge in [0.1, 0.15) is 24.2 Å². The van der Waals surface area contributed by atoms with E-state index in [1.807, 2.05) is 78.9 Å². The van der Waals surface area contributed by atoms with Crippen LogP contribution in [-0.4, -0.2) is 41.0 Å². The molecule has 0 radical (unpaired) electrons. The molecule has 4 rings (SSSR count). The number of alkyl carbamates (subject to hydrolysis) is 1. The molecule has 4 aromatic rings. The molecule has 0 aliphatic carbocycles. The van der Waals surface area contributed by atoms with E-state index in [1.165, 1.54) is 4.90 Å². The summed E-state index contributed by atoms with van der Waals surface area (Å²) in [5, 5.41) is 17.5. The van der Waals surface area contributed by atoms with Crippen molar-refractivity contribution in [3.8, 4) is 6.07 Å². The van der Waals surface area contributed by atoms with Gasteiger partial charge in [-0.2, -0.15) is 5.26 Å². The van der Waals surface area contributed by atoms with Crippen molar-refractivity contribution in [2.24, 2.45) is 0 Å². The van der Waals surface area contributed by atoms with Gasteiger partial charge >= 0.3 is 6.09 Å². The quantitative estimate of drug-likeness (QED) is 0.202. The first-order valence-corrected chi connectivity index (χ1v) is 14.3. The summed E-state index contributed by atoms with van der Waals surface area (Å²) in [4.78, 5) is 42.5. The third-order valence-corrected chi connectivity index (χ3v) is 6.83. The molecule has 2 atom stereocenters. The Balaban J connectivity index is 1.74. The summed E-state index contributed by atoms with van der Waals surface area (Å²) in [5.74, 6) is -1.12. The number of nitrogens with zero attached hydrogens (tertiary/aromatic N) is 2. The highest BCUT2D eigenvalue weighted by Crippen LogP contribution is 2.27. The molecule has 0 bridgehead atoms. The Hall–Kier alpha value is -5.42. The van der Waals surface area contributed by atoms with Gasteiger partial charge in [0.15, 0.2) is 0 Å². The van der Waals surface area contributed by atoms with E-state index in [2.05, 4.69) is 17.2 Å². The number of fused-ring (bicyclic) bond motifs is 1. The van der Waals surface area contributed by atoms with Crippen molar-refractivity contribution in [2.75, 3.05) is 11.9 Å². The molecule has 4 aromatic carbocycles. The topological polar surface area (TPSA) is 112 Å². The van der Waals surface area contributed by atoms with E-state index in [1.54, 1.807) is 51.1 Å². The van der Waals surface area contributed by atoms with Gasteiger partial charge in [-0.1, -0.05) is 91.5 Å². The fourth-order valence-electron chi connectivity index (χ4n) is 4.88. The molecule has 0 saturated heterocycles. The zero-order valence-corrected chi connectivity index (χ0v) is 25.1. The monoisotopic (exact) mass is 588 g/mol. The summed E-state index contributed by atoms with van der Waals surface area (Å²) in [7, 11) is 0. The van der Waals surface area contributed by atoms with Gasteiger partial charge in [-0.3, -0.25) is 9.59 Å². The van der Waals surface area contributed by atoms with Gasteiger partial charge in [-0.05, 0) is 66.4 Å². The van der Waals surface area contributed by atoms with Crippen LogP contribution in [0.15, 0.2) is 104 Å². The number of carbonyl (C=O) groups excluding carboxylic acids is 3. The molecule has 0 spiro atoms. The fourth-order valence-corrected chi connectivity index (χ4v) is 4.88. The van der Waals surface area contributed by atoms with Gasteiger partial charge in [0, 0.05) is 12.1 Å². The van der Waals surface area contributed by atoms with Crippen molar-refractivity contribution in [3.05, 3.63) is 120 Å². The largest absolute Gasteiger partial charge is 0.444 e. The van der Waals surface area contributed by atoms with E-state index in [0.717, 1.165) is 21.9 Å². The van der Waals surface area contributed by atoms with Crippen LogP contribution < -0.4 is 10.6 Å². The Morgan fingerprint density at radius 1 is 0.932 bits per heavy atom. The maximum absolute atomic E-state index is 14.3. The van der Waals surface area contributed by atoms with E-state index < -0.39 is 42.1 Å². The number of nitrogens with one attached hydrogen (secondary N) is 2. The molecule has 224 valence electrons. The summed E-state index contributed by atoms with van der Waals surface area (Å²) >= 11 is 0. The summed E-state index contributed by atoms with van der Waals surface area (Å²) < 4.78 is 5.46. The van der Waals surface area contributed by atoms with Gasteiger partial charge in [0.25, 0.3) is 5.91 Å². The predicted molar refractivity (Wildman–Crippen MR) is 172 cm³/mol. The van der Waals surface area contributed by atoms with Crippen LogP contribution in [0.1, 0.15) is 43.5 Å². The van der Waals surface area contributed by atoms with Crippen molar-refractivity contribution in [3.63, 3.8) is 0 Å². The lowest BCUT2D eigenvalue weighted by atomic mass is 9.98. The third-order valence-electron chi connectivity index (χ3n) is 6.83. The molecule has 8 heteroatoms. The molecular weight excluding hydrogens is 552 g/mol. The maximum Gasteiger partial charge on any atom is 0.408 e. The normalized spacial score (nSPS) is 12.3. The SMILES string of the molecule is C=Cc1cccc(C(C(=O)Nc2ccc3ccccc3c2)N(CC#N)C(=O)C(Cc2ccccc2)NC(=O)OC(C)(C)C)c1. The zero-order valence-electron chi connectivity index (χ0n) is 25.1. The summed E-state index contributed by atoms with van der Waals surface area (Å²) in [6.45, 7) is 8.60. The Morgan fingerprint density at radius 2 is 1.64 bits per heavy atom. The summed E-state index contributed by atoms with van der Waals surface area (Å²) in [5.41, 5.74) is 1.74. The van der Waals surface area contributed by atoms with E-state index in [9.17, 15) is 19.6 Å². The molecule has 44 heavy (non-hydrogen) atoms. The van der Waals surface area contributed by atoms with Crippen LogP contribution in [0.5, 0.6) is 0 Å². The van der Waals surface area contributed by atoms with Crippen LogP contribution >= 0.6 is 0 Å². The second-order valence-electron chi connectivity index (χ2n) is 11.3. The summed E-state index contributed by atoms with van der Waals surface area (Å²) in [6, 6.07) is 29.3. The van der Waals surface area contributed by atoms with Gasteiger partial charge in [-0.25, -0.2) is 4.79 Å². The number of ether oxygens (including phenoxy) is 1. The van der Waals surface area contributed by atoms with E-state index in [0.29, 0.717) is 11.3 Å². The minimum absolute atomic E-state index is 0.118. The average molecular weight is 589 g/mol. The van der Waals surface area contributed by atoms with E-state index >= 15 is 0 Å². The first-order valence-electron chi connectivity index (χ1n) is 14.3. The average Bonchev–Trinajstić information content (AvgIpc) is 3.00. The van der Waals surface area contributed by atoms with Gasteiger partial charge in [0.2, 0.25) is 5.91 Å². The van der Waals surface area contributed by atoms with Crippen LogP contribution in [0, 0.1) is 11.3 Å². The first-order chi connectivity index (χ1) is 21.1. The number of anilines is 1. The molecule has 0 heterocycles. The molecule has 0 saturated carbocycles. The maximum atomic E-state index is 14.3. The van der Waals surface area contributed by atoms with E-state index in [4.69, 9.17) is 4.74 Å². The van der Waals surface area contributed by atoms with Gasteiger partial charge < -0.3 is 20.3 Å². The molecule has 0 aromatic heterocycles. The minimum Gasteiger partial charge on any atom is -0.444 e. The molecule has 0 aliphatic heterocycles. The van der Waals surface area contributed by atoms with Crippen molar-refractivity contribution in [1.82, 2.24) is 10.2 Å². The van der Waals surface area contributed by atoms with E-state index in [-0.39, 0.29) is 6.42 Å². The van der Waals surface area contributed by atoms with Gasteiger partial charge in [-0.15, -0.1) is 0 Å². The molecular formula is C36H36N4O4. The van der Waals surface area contributed by atoms with Crippen LogP contribution in [0.4, 0.5) is 10.5 Å². The Bertz CT molecular complexity index is 1690. The highest BCUT2D eigenvalue weighted by Gasteiger charge is 2.36. The third kappa shape index (κ3) is 8.33. The van der Waals surface area contributed by atoms with Crippen molar-refractivity contribution >= 4 is 40.4 Å². The first kappa shape index (κ1) is 31.5. The molecule has 3 amide bonds. The lowest BCUT2D eigenvalue weighted by Crippen LogP contribution is -2.53. The second-order valence-corrected chi connectivity index (χ2v) is 11.3. The Morgan fingerprint density at radius 3 is 2.32 bits per heavy atom. The molecule has 2 N–H and O–H groups in total. The van der Waals surface area contributed by atoms with Crippen LogP contribution in [-0.2, 0) is 20.7 Å². The van der Waals surface area contributed by atoms with Crippen molar-refractivity contribution in [1.29, 1.82) is 5.26 Å². The molecule has 2 unspecified atom stereocenters. The lowest BCUT2D eigenvalue weighted by Gasteiger charge is -2.33. The molecule has 0 aliphatic rings. The highest BCUT2D eigenvalue weighted by atomic mass is 16.6. The van der Waals surface area contributed by atoms with Crippen LogP contribution in [0.3, 0.4) is 0 Å². The standard InChI is InChI=1S/C36H36N4O4/c1-5-25-14-11-17-29(22-25)32(33(41)38-30-19-18-27-15-9-10-16-28(27)24-30)40(21-20-37)34(42)31(23-26-12-7-6-8-13-26)39-35(43)44-36(2,3)4/h5-19,22,24,31-32H,1,21,23H2,2-4H3,(H,38,41)(H,39,43). The number of rotatable bonds is 10. The highest BCUT2D eigenvalue weighted by molar-refractivity contribution is 6.00. The van der Waals surface area contributed by atoms with Crippen molar-refractivity contribution in [2.45, 2.75) is 44.9 Å². The minimum atomic E-state index is -1.20. The summed E-state index contributed by atoms with van der Waals surface area (Å²) in [6.07, 6.45) is 0.974. The number of nitriles is 1. The zero-order chi connectivity index (χ0) is 31.7. The van der Waals surface area contributed by atoms with Gasteiger partial charge in [0.05, 0.1) is 6.07 Å². The number of hydrogen-bond acceptors (Lipinski definition) is 5. The number of amides is 3. The number of hydrogen-bond donors (Lipinski definition) is 2. The lowest BCUT2D eigenvalue weighted by molar-refractivity contribution is -0.140. The van der Waals surface area contributed by atoms with Crippen molar-refractivity contribution < 1.29 is 19.1 Å². The Kier molecular flexibility index (Phi) is 10.1.